The van der Waals surface area contributed by atoms with E-state index in [-0.39, 0.29) is 5.41 Å². The van der Waals surface area contributed by atoms with Crippen LogP contribution in [0.25, 0.3) is 22.0 Å². The highest BCUT2D eigenvalue weighted by atomic mass is 32.2. The Kier molecular flexibility index (Phi) is 6.53. The smallest absolute Gasteiger partial charge is 0.277 e. The topological polar surface area (TPSA) is 70.3 Å². The first-order valence-electron chi connectivity index (χ1n) is 10.1. The fraction of sp³-hybridized carbons (Fsp3) is 0.292. The third kappa shape index (κ3) is 4.97. The van der Waals surface area contributed by atoms with Gasteiger partial charge in [0.05, 0.1) is 25.5 Å². The molecular weight excluding hydrogens is 442 g/mol. The van der Waals surface area contributed by atoms with E-state index < -0.39 is 0 Å². The Morgan fingerprint density at radius 2 is 1.78 bits per heavy atom. The van der Waals surface area contributed by atoms with E-state index in [1.54, 1.807) is 25.6 Å². The van der Waals surface area contributed by atoms with Crippen LogP contribution in [-0.4, -0.2) is 29.4 Å². The molecule has 0 saturated heterocycles. The lowest BCUT2D eigenvalue weighted by Gasteiger charge is -2.18. The molecular formula is C24H25N3O3S2. The van der Waals surface area contributed by atoms with Gasteiger partial charge >= 0.3 is 0 Å². The van der Waals surface area contributed by atoms with Gasteiger partial charge in [-0.15, -0.1) is 21.5 Å². The molecule has 0 spiro atoms. The van der Waals surface area contributed by atoms with Gasteiger partial charge in [0.1, 0.15) is 16.5 Å². The molecule has 0 saturated carbocycles. The Hall–Kier alpha value is -2.84. The van der Waals surface area contributed by atoms with E-state index in [1.165, 1.54) is 17.3 Å². The van der Waals surface area contributed by atoms with E-state index in [0.29, 0.717) is 16.9 Å². The number of nitrogens with zero attached hydrogens (tertiary/aromatic N) is 3. The molecule has 2 aromatic heterocycles. The summed E-state index contributed by atoms with van der Waals surface area (Å²) in [5.41, 5.74) is 4.18. The second kappa shape index (κ2) is 9.34. The Morgan fingerprint density at radius 3 is 2.47 bits per heavy atom. The van der Waals surface area contributed by atoms with Gasteiger partial charge in [0, 0.05) is 22.8 Å². The fourth-order valence-electron chi connectivity index (χ4n) is 3.11. The number of methoxy groups -OCH3 is 2. The second-order valence-electron chi connectivity index (χ2n) is 8.20. The van der Waals surface area contributed by atoms with Gasteiger partial charge in [0.15, 0.2) is 0 Å². The summed E-state index contributed by atoms with van der Waals surface area (Å²) >= 11 is 3.05. The molecule has 0 radical (unpaired) electrons. The van der Waals surface area contributed by atoms with Crippen molar-refractivity contribution in [3.05, 3.63) is 59.1 Å². The Morgan fingerprint density at radius 1 is 1.00 bits per heavy atom. The summed E-state index contributed by atoms with van der Waals surface area (Å²) < 4.78 is 16.6. The van der Waals surface area contributed by atoms with E-state index in [0.717, 1.165) is 33.3 Å². The molecule has 2 aromatic carbocycles. The van der Waals surface area contributed by atoms with Crippen molar-refractivity contribution in [3.63, 3.8) is 0 Å². The lowest BCUT2D eigenvalue weighted by atomic mass is 9.87. The van der Waals surface area contributed by atoms with Crippen molar-refractivity contribution in [2.45, 2.75) is 37.2 Å². The molecule has 4 aromatic rings. The molecule has 8 heteroatoms. The molecule has 0 unspecified atom stereocenters. The first-order valence-corrected chi connectivity index (χ1v) is 12.0. The first kappa shape index (κ1) is 22.4. The van der Waals surface area contributed by atoms with Crippen molar-refractivity contribution in [2.24, 2.45) is 0 Å². The number of hydrogen-bond donors (Lipinski definition) is 0. The van der Waals surface area contributed by atoms with Crippen molar-refractivity contribution >= 4 is 23.1 Å². The molecule has 4 rings (SSSR count). The van der Waals surface area contributed by atoms with Crippen molar-refractivity contribution < 1.29 is 13.9 Å². The Balaban J connectivity index is 1.43. The van der Waals surface area contributed by atoms with Crippen LogP contribution in [0.15, 0.2) is 57.5 Å². The van der Waals surface area contributed by atoms with E-state index in [4.69, 9.17) is 18.9 Å². The quantitative estimate of drug-likeness (QED) is 0.289. The lowest BCUT2D eigenvalue weighted by molar-refractivity contribution is 0.395. The van der Waals surface area contributed by atoms with Gasteiger partial charge in [-0.2, -0.15) is 0 Å². The summed E-state index contributed by atoms with van der Waals surface area (Å²) in [6, 6.07) is 14.0. The average Bonchev–Trinajstić information content (AvgIpc) is 3.46. The number of thioether (sulfide) groups is 1. The Bertz CT molecular complexity index is 1190. The maximum absolute atomic E-state index is 5.85. The predicted octanol–water partition coefficient (Wildman–Crippen LogP) is 6.47. The highest BCUT2D eigenvalue weighted by molar-refractivity contribution is 7.98. The van der Waals surface area contributed by atoms with Crippen LogP contribution in [-0.2, 0) is 11.2 Å². The standard InChI is InChI=1S/C24H25N3O3S2/c1-24(2,3)16-8-6-15(7-9-16)21-26-27-23(30-21)32-14-17-13-31-22(25-17)19-11-10-18(28-4)12-20(19)29-5/h6-13H,14H2,1-5H3. The normalized spacial score (nSPS) is 11.5. The molecule has 0 N–H and O–H groups in total. The van der Waals surface area contributed by atoms with Crippen molar-refractivity contribution in [1.82, 2.24) is 15.2 Å². The van der Waals surface area contributed by atoms with Gasteiger partial charge in [-0.3, -0.25) is 0 Å². The Labute approximate surface area is 196 Å². The summed E-state index contributed by atoms with van der Waals surface area (Å²) in [7, 11) is 3.28. The van der Waals surface area contributed by atoms with Crippen LogP contribution >= 0.6 is 23.1 Å². The van der Waals surface area contributed by atoms with Crippen LogP contribution in [0.3, 0.4) is 0 Å². The molecule has 166 valence electrons. The molecule has 0 aliphatic heterocycles. The zero-order chi connectivity index (χ0) is 22.7. The monoisotopic (exact) mass is 467 g/mol. The van der Waals surface area contributed by atoms with Crippen molar-refractivity contribution in [3.8, 4) is 33.5 Å². The fourth-order valence-corrected chi connectivity index (χ4v) is 4.72. The molecule has 0 aliphatic carbocycles. The zero-order valence-electron chi connectivity index (χ0n) is 18.7. The third-order valence-electron chi connectivity index (χ3n) is 4.94. The van der Waals surface area contributed by atoms with Crippen molar-refractivity contribution in [1.29, 1.82) is 0 Å². The molecule has 6 nitrogen and oxygen atoms in total. The summed E-state index contributed by atoms with van der Waals surface area (Å²) in [5, 5.41) is 11.8. The summed E-state index contributed by atoms with van der Waals surface area (Å²) in [5.74, 6) is 2.64. The first-order chi connectivity index (χ1) is 15.4. The van der Waals surface area contributed by atoms with E-state index >= 15 is 0 Å². The number of hydrogen-bond acceptors (Lipinski definition) is 8. The number of rotatable bonds is 7. The average molecular weight is 468 g/mol. The molecule has 2 heterocycles. The van der Waals surface area contributed by atoms with Gasteiger partial charge in [-0.05, 0) is 35.2 Å². The highest BCUT2D eigenvalue weighted by Gasteiger charge is 2.16. The van der Waals surface area contributed by atoms with Crippen LogP contribution < -0.4 is 9.47 Å². The lowest BCUT2D eigenvalue weighted by Crippen LogP contribution is -2.10. The van der Waals surface area contributed by atoms with E-state index in [9.17, 15) is 0 Å². The highest BCUT2D eigenvalue weighted by Crippen LogP contribution is 2.36. The molecule has 32 heavy (non-hydrogen) atoms. The molecule has 0 fully saturated rings. The minimum absolute atomic E-state index is 0.108. The van der Waals surface area contributed by atoms with Crippen LogP contribution in [0.4, 0.5) is 0 Å². The van der Waals surface area contributed by atoms with Crippen LogP contribution in [0.2, 0.25) is 0 Å². The zero-order valence-corrected chi connectivity index (χ0v) is 20.3. The second-order valence-corrected chi connectivity index (χ2v) is 9.98. The van der Waals surface area contributed by atoms with E-state index in [1.807, 2.05) is 35.7 Å². The molecule has 0 bridgehead atoms. The number of benzene rings is 2. The maximum atomic E-state index is 5.85. The third-order valence-corrected chi connectivity index (χ3v) is 6.72. The maximum Gasteiger partial charge on any atom is 0.277 e. The molecule has 0 atom stereocenters. The number of aromatic nitrogens is 3. The SMILES string of the molecule is COc1ccc(-c2nc(CSc3nnc(-c4ccc(C(C)(C)C)cc4)o3)cs2)c(OC)c1. The summed E-state index contributed by atoms with van der Waals surface area (Å²) in [6.45, 7) is 6.58. The predicted molar refractivity (Wildman–Crippen MR) is 129 cm³/mol. The minimum atomic E-state index is 0.108. The van der Waals surface area contributed by atoms with Gasteiger partial charge in [0.2, 0.25) is 5.89 Å². The summed E-state index contributed by atoms with van der Waals surface area (Å²) in [4.78, 5) is 4.74. The largest absolute Gasteiger partial charge is 0.497 e. The summed E-state index contributed by atoms with van der Waals surface area (Å²) in [6.07, 6.45) is 0. The van der Waals surface area contributed by atoms with Gasteiger partial charge < -0.3 is 13.9 Å². The van der Waals surface area contributed by atoms with Gasteiger partial charge in [-0.1, -0.05) is 44.7 Å². The van der Waals surface area contributed by atoms with Crippen LogP contribution in [0, 0.1) is 0 Å². The minimum Gasteiger partial charge on any atom is -0.497 e. The van der Waals surface area contributed by atoms with Crippen LogP contribution in [0.1, 0.15) is 32.0 Å². The van der Waals surface area contributed by atoms with Gasteiger partial charge in [0.25, 0.3) is 5.22 Å². The van der Waals surface area contributed by atoms with Crippen molar-refractivity contribution in [2.75, 3.05) is 14.2 Å². The molecule has 0 amide bonds. The van der Waals surface area contributed by atoms with Crippen LogP contribution in [0.5, 0.6) is 11.5 Å². The van der Waals surface area contributed by atoms with E-state index in [2.05, 4.69) is 43.1 Å². The molecule has 0 aliphatic rings. The number of thiazole rings is 1. The number of ether oxygens (including phenoxy) is 2. The van der Waals surface area contributed by atoms with Gasteiger partial charge in [-0.25, -0.2) is 4.98 Å².